The molecule has 1 aliphatic heterocycles. The van der Waals surface area contributed by atoms with Gasteiger partial charge in [-0.2, -0.15) is 0 Å². The lowest BCUT2D eigenvalue weighted by Crippen LogP contribution is -2.25. The molecule has 0 saturated carbocycles. The van der Waals surface area contributed by atoms with Gasteiger partial charge in [-0.1, -0.05) is 23.7 Å². The van der Waals surface area contributed by atoms with Gasteiger partial charge >= 0.3 is 0 Å². The van der Waals surface area contributed by atoms with Crippen LogP contribution in [0.4, 0.5) is 0 Å². The van der Waals surface area contributed by atoms with Gasteiger partial charge in [0.2, 0.25) is 15.0 Å². The van der Waals surface area contributed by atoms with Gasteiger partial charge in [0.1, 0.15) is 0 Å². The van der Waals surface area contributed by atoms with Gasteiger partial charge in [0, 0.05) is 41.1 Å². The van der Waals surface area contributed by atoms with Crippen molar-refractivity contribution >= 4 is 37.2 Å². The first-order valence-corrected chi connectivity index (χ1v) is 9.05. The van der Waals surface area contributed by atoms with E-state index in [1.165, 1.54) is 0 Å². The van der Waals surface area contributed by atoms with Crippen molar-refractivity contribution in [2.24, 2.45) is 5.92 Å². The average molecular weight is 336 g/mol. The summed E-state index contributed by atoms with van der Waals surface area (Å²) in [5.74, 6) is -0.473. The number of benzene rings is 1. The van der Waals surface area contributed by atoms with Crippen molar-refractivity contribution in [3.05, 3.63) is 34.3 Å². The molecule has 20 heavy (non-hydrogen) atoms. The molecule has 1 aromatic carbocycles. The highest BCUT2D eigenvalue weighted by atomic mass is 35.7. The van der Waals surface area contributed by atoms with Crippen LogP contribution in [-0.4, -0.2) is 31.5 Å². The summed E-state index contributed by atoms with van der Waals surface area (Å²) < 4.78 is 22.1. The molecule has 0 radical (unpaired) electrons. The van der Waals surface area contributed by atoms with Gasteiger partial charge in [0.15, 0.2) is 0 Å². The molecular weight excluding hydrogens is 321 g/mol. The molecule has 1 unspecified atom stereocenters. The minimum Gasteiger partial charge on any atom is -0.338 e. The van der Waals surface area contributed by atoms with Crippen LogP contribution in [0.2, 0.25) is 5.02 Å². The van der Waals surface area contributed by atoms with Crippen LogP contribution in [0.15, 0.2) is 18.2 Å². The fraction of sp³-hybridized carbons (Fsp3) is 0.462. The highest BCUT2D eigenvalue weighted by Crippen LogP contribution is 2.25. The van der Waals surface area contributed by atoms with E-state index in [1.807, 2.05) is 25.1 Å². The summed E-state index contributed by atoms with van der Waals surface area (Å²) >= 11 is 6.14. The molecule has 2 rings (SSSR count). The molecule has 1 amide bonds. The second-order valence-electron chi connectivity index (χ2n) is 5.14. The molecule has 7 heteroatoms. The number of carbonyl (C=O) groups excluding carboxylic acids is 1. The number of aryl methyl sites for hydroxylation is 1. The summed E-state index contributed by atoms with van der Waals surface area (Å²) in [5.41, 5.74) is 1.91. The predicted octanol–water partition coefficient (Wildman–Crippen LogP) is 2.57. The highest BCUT2D eigenvalue weighted by Gasteiger charge is 2.32. The Balaban J connectivity index is 2.05. The Morgan fingerprint density at radius 3 is 2.70 bits per heavy atom. The second-order valence-corrected chi connectivity index (χ2v) is 8.37. The normalized spacial score (nSPS) is 19.6. The van der Waals surface area contributed by atoms with Gasteiger partial charge in [-0.3, -0.25) is 4.79 Å². The van der Waals surface area contributed by atoms with Crippen LogP contribution in [0.5, 0.6) is 0 Å². The molecule has 1 atom stereocenters. The lowest BCUT2D eigenvalue weighted by Gasteiger charge is -2.17. The third-order valence-corrected chi connectivity index (χ3v) is 4.90. The van der Waals surface area contributed by atoms with Crippen molar-refractivity contribution < 1.29 is 13.2 Å². The summed E-state index contributed by atoms with van der Waals surface area (Å²) in [6, 6.07) is 5.66. The van der Waals surface area contributed by atoms with Crippen LogP contribution in [0, 0.1) is 12.8 Å². The fourth-order valence-electron chi connectivity index (χ4n) is 2.39. The zero-order valence-corrected chi connectivity index (χ0v) is 13.3. The predicted molar refractivity (Wildman–Crippen MR) is 79.4 cm³/mol. The van der Waals surface area contributed by atoms with E-state index in [2.05, 4.69) is 0 Å². The Morgan fingerprint density at radius 2 is 2.10 bits per heavy atom. The van der Waals surface area contributed by atoms with Crippen LogP contribution < -0.4 is 0 Å². The second kappa shape index (κ2) is 5.92. The summed E-state index contributed by atoms with van der Waals surface area (Å²) in [6.07, 6.45) is 0.218. The molecular formula is C13H15Cl2NO3S. The van der Waals surface area contributed by atoms with Crippen LogP contribution in [0.3, 0.4) is 0 Å². The van der Waals surface area contributed by atoms with E-state index >= 15 is 0 Å². The number of halogens is 2. The zero-order valence-electron chi connectivity index (χ0n) is 11.0. The number of rotatable bonds is 4. The summed E-state index contributed by atoms with van der Waals surface area (Å²) in [7, 11) is 1.66. The number of nitrogens with zero attached hydrogens (tertiary/aromatic N) is 1. The van der Waals surface area contributed by atoms with Crippen LogP contribution in [-0.2, 0) is 20.4 Å². The van der Waals surface area contributed by atoms with Crippen molar-refractivity contribution in [3.63, 3.8) is 0 Å². The standard InChI is InChI=1S/C13H15Cl2NO3S/c1-9-2-3-11(12(14)4-9)7-16-6-10(5-13(16)17)8-20(15,18)19/h2-4,10H,5-8H2,1H3. The van der Waals surface area contributed by atoms with Gasteiger partial charge in [-0.05, 0) is 24.1 Å². The minimum absolute atomic E-state index is 0.0630. The molecule has 0 aliphatic carbocycles. The van der Waals surface area contributed by atoms with E-state index in [9.17, 15) is 13.2 Å². The van der Waals surface area contributed by atoms with Gasteiger partial charge < -0.3 is 4.90 Å². The Bertz CT molecular complexity index is 631. The molecule has 0 bridgehead atoms. The zero-order chi connectivity index (χ0) is 14.9. The number of hydrogen-bond acceptors (Lipinski definition) is 3. The number of amides is 1. The van der Waals surface area contributed by atoms with Gasteiger partial charge in [-0.25, -0.2) is 8.42 Å². The number of likely N-dealkylation sites (tertiary alicyclic amines) is 1. The molecule has 4 nitrogen and oxygen atoms in total. The Labute approximate surface area is 128 Å². The number of carbonyl (C=O) groups is 1. The largest absolute Gasteiger partial charge is 0.338 e. The monoisotopic (exact) mass is 335 g/mol. The summed E-state index contributed by atoms with van der Waals surface area (Å²) in [5, 5.41) is 0.617. The summed E-state index contributed by atoms with van der Waals surface area (Å²) in [6.45, 7) is 2.74. The third kappa shape index (κ3) is 4.11. The van der Waals surface area contributed by atoms with Gasteiger partial charge in [-0.15, -0.1) is 0 Å². The third-order valence-electron chi connectivity index (χ3n) is 3.30. The molecule has 0 spiro atoms. The van der Waals surface area contributed by atoms with Crippen molar-refractivity contribution in [1.29, 1.82) is 0 Å². The van der Waals surface area contributed by atoms with E-state index in [4.69, 9.17) is 22.3 Å². The van der Waals surface area contributed by atoms with E-state index in [-0.39, 0.29) is 24.0 Å². The van der Waals surface area contributed by atoms with Gasteiger partial charge in [0.05, 0.1) is 5.75 Å². The molecule has 1 aliphatic rings. The molecule has 0 N–H and O–H groups in total. The molecule has 1 heterocycles. The molecule has 1 saturated heterocycles. The van der Waals surface area contributed by atoms with Crippen molar-refractivity contribution in [3.8, 4) is 0 Å². The van der Waals surface area contributed by atoms with Gasteiger partial charge in [0.25, 0.3) is 0 Å². The first kappa shape index (κ1) is 15.6. The minimum atomic E-state index is -3.57. The van der Waals surface area contributed by atoms with E-state index < -0.39 is 9.05 Å². The first-order valence-electron chi connectivity index (χ1n) is 6.20. The lowest BCUT2D eigenvalue weighted by molar-refractivity contribution is -0.128. The maximum Gasteiger partial charge on any atom is 0.232 e. The lowest BCUT2D eigenvalue weighted by atomic mass is 10.1. The van der Waals surface area contributed by atoms with Crippen LogP contribution in [0.1, 0.15) is 17.5 Å². The van der Waals surface area contributed by atoms with E-state index in [0.29, 0.717) is 18.1 Å². The first-order chi connectivity index (χ1) is 9.24. The Hall–Kier alpha value is -0.780. The summed E-state index contributed by atoms with van der Waals surface area (Å²) in [4.78, 5) is 13.5. The smallest absolute Gasteiger partial charge is 0.232 e. The van der Waals surface area contributed by atoms with Crippen molar-refractivity contribution in [1.82, 2.24) is 4.90 Å². The molecule has 1 fully saturated rings. The molecule has 110 valence electrons. The number of hydrogen-bond donors (Lipinski definition) is 0. The van der Waals surface area contributed by atoms with Crippen LogP contribution >= 0.6 is 22.3 Å². The van der Waals surface area contributed by atoms with Crippen molar-refractivity contribution in [2.75, 3.05) is 12.3 Å². The SMILES string of the molecule is Cc1ccc(CN2CC(CS(=O)(=O)Cl)CC2=O)c(Cl)c1. The quantitative estimate of drug-likeness (QED) is 0.794. The average Bonchev–Trinajstić information content (AvgIpc) is 2.60. The topological polar surface area (TPSA) is 54.5 Å². The van der Waals surface area contributed by atoms with E-state index in [0.717, 1.165) is 11.1 Å². The molecule has 1 aromatic rings. The fourth-order valence-corrected chi connectivity index (χ4v) is 4.00. The molecule has 0 aromatic heterocycles. The Morgan fingerprint density at radius 1 is 1.40 bits per heavy atom. The van der Waals surface area contributed by atoms with Crippen LogP contribution in [0.25, 0.3) is 0 Å². The highest BCUT2D eigenvalue weighted by molar-refractivity contribution is 8.13. The van der Waals surface area contributed by atoms with E-state index in [1.54, 1.807) is 4.90 Å². The van der Waals surface area contributed by atoms with Crippen molar-refractivity contribution in [2.45, 2.75) is 19.9 Å². The maximum absolute atomic E-state index is 11.9. The maximum atomic E-state index is 11.9. The Kier molecular flexibility index (Phi) is 4.62.